The van der Waals surface area contributed by atoms with Crippen molar-refractivity contribution in [1.29, 1.82) is 0 Å². The minimum Gasteiger partial charge on any atom is -0.391 e. The number of unbranched alkanes of at least 4 members (excludes halogenated alkanes) is 3. The van der Waals surface area contributed by atoms with E-state index in [2.05, 4.69) is 11.9 Å². The maximum atomic E-state index is 11.6. The lowest BCUT2D eigenvalue weighted by molar-refractivity contribution is 0.165. The number of aliphatic hydroxyl groups excluding tert-OH is 1. The van der Waals surface area contributed by atoms with Crippen molar-refractivity contribution in [3.8, 4) is 0 Å². The van der Waals surface area contributed by atoms with E-state index in [1.165, 1.54) is 17.7 Å². The number of hydrogen-bond acceptors (Lipinski definition) is 3. The zero-order valence-corrected chi connectivity index (χ0v) is 12.4. The molecule has 0 aliphatic rings. The second-order valence-electron chi connectivity index (χ2n) is 5.11. The largest absolute Gasteiger partial charge is 0.391 e. The number of carbonyl (C=O) groups excluding carboxylic acids is 1. The van der Waals surface area contributed by atoms with Gasteiger partial charge >= 0.3 is 6.03 Å². The van der Waals surface area contributed by atoms with Crippen LogP contribution in [0, 0.1) is 6.92 Å². The Balaban J connectivity index is 2.60. The highest BCUT2D eigenvalue weighted by molar-refractivity contribution is 5.91. The van der Waals surface area contributed by atoms with E-state index in [0.29, 0.717) is 12.1 Å². The minimum absolute atomic E-state index is 0.216. The summed E-state index contributed by atoms with van der Waals surface area (Å²) < 4.78 is 0. The van der Waals surface area contributed by atoms with Crippen molar-refractivity contribution in [2.45, 2.75) is 52.1 Å². The van der Waals surface area contributed by atoms with E-state index < -0.39 is 12.1 Å². The minimum atomic E-state index is -0.561. The van der Waals surface area contributed by atoms with Gasteiger partial charge in [0, 0.05) is 6.20 Å². The zero-order chi connectivity index (χ0) is 15.0. The Kier molecular flexibility index (Phi) is 7.01. The Morgan fingerprint density at radius 2 is 2.20 bits per heavy atom. The summed E-state index contributed by atoms with van der Waals surface area (Å²) >= 11 is 0. The van der Waals surface area contributed by atoms with E-state index in [-0.39, 0.29) is 6.54 Å². The summed E-state index contributed by atoms with van der Waals surface area (Å²) in [5.74, 6) is 0. The molecule has 0 aliphatic heterocycles. The van der Waals surface area contributed by atoms with Gasteiger partial charge in [-0.15, -0.1) is 0 Å². The fraction of sp³-hybridized carbons (Fsp3) is 0.600. The molecule has 112 valence electrons. The summed E-state index contributed by atoms with van der Waals surface area (Å²) in [5.41, 5.74) is 6.98. The molecule has 1 aromatic rings. The maximum absolute atomic E-state index is 11.6. The van der Waals surface area contributed by atoms with Crippen molar-refractivity contribution in [3.05, 3.63) is 24.0 Å². The molecule has 2 amide bonds. The number of aryl methyl sites for hydroxylation is 1. The van der Waals surface area contributed by atoms with Gasteiger partial charge in [-0.25, -0.2) is 4.79 Å². The molecule has 0 saturated heterocycles. The molecule has 0 aliphatic carbocycles. The Morgan fingerprint density at radius 1 is 1.45 bits per heavy atom. The maximum Gasteiger partial charge on any atom is 0.319 e. The Bertz CT molecular complexity index is 423. The van der Waals surface area contributed by atoms with E-state index in [4.69, 9.17) is 5.73 Å². The van der Waals surface area contributed by atoms with E-state index >= 15 is 0 Å². The van der Waals surface area contributed by atoms with Crippen LogP contribution < -0.4 is 10.6 Å². The van der Waals surface area contributed by atoms with Crippen molar-refractivity contribution in [3.63, 3.8) is 0 Å². The highest BCUT2D eigenvalue weighted by Gasteiger charge is 2.18. The van der Waals surface area contributed by atoms with Crippen LogP contribution in [0.4, 0.5) is 10.5 Å². The third kappa shape index (κ3) is 5.17. The molecule has 0 saturated carbocycles. The van der Waals surface area contributed by atoms with Crippen LogP contribution in [0.1, 0.15) is 44.6 Å². The van der Waals surface area contributed by atoms with Gasteiger partial charge in [-0.1, -0.05) is 32.6 Å². The number of aliphatic hydroxyl groups is 1. The van der Waals surface area contributed by atoms with Gasteiger partial charge in [-0.05, 0) is 25.0 Å². The zero-order valence-electron chi connectivity index (χ0n) is 12.4. The van der Waals surface area contributed by atoms with Crippen molar-refractivity contribution in [2.75, 3.05) is 11.4 Å². The fourth-order valence-electron chi connectivity index (χ4n) is 2.15. The molecule has 1 aromatic heterocycles. The topological polar surface area (TPSA) is 79.5 Å². The Hall–Kier alpha value is -1.62. The number of aromatic nitrogens is 1. The molecular weight excluding hydrogens is 254 g/mol. The summed E-state index contributed by atoms with van der Waals surface area (Å²) in [5, 5.41) is 10.1. The average Bonchev–Trinajstić information content (AvgIpc) is 2.42. The Morgan fingerprint density at radius 3 is 2.80 bits per heavy atom. The van der Waals surface area contributed by atoms with Gasteiger partial charge < -0.3 is 10.8 Å². The van der Waals surface area contributed by atoms with E-state index in [1.54, 1.807) is 12.4 Å². The highest BCUT2D eigenvalue weighted by Crippen LogP contribution is 2.19. The molecule has 1 unspecified atom stereocenters. The quantitative estimate of drug-likeness (QED) is 0.718. The predicted molar refractivity (Wildman–Crippen MR) is 80.7 cm³/mol. The third-order valence-electron chi connectivity index (χ3n) is 3.35. The van der Waals surface area contributed by atoms with Gasteiger partial charge in [-0.3, -0.25) is 9.88 Å². The number of rotatable bonds is 8. The van der Waals surface area contributed by atoms with Crippen LogP contribution in [0.5, 0.6) is 0 Å². The summed E-state index contributed by atoms with van der Waals surface area (Å²) in [6.45, 7) is 4.25. The van der Waals surface area contributed by atoms with Gasteiger partial charge in [0.1, 0.15) is 0 Å². The van der Waals surface area contributed by atoms with Gasteiger partial charge in [0.15, 0.2) is 0 Å². The number of nitrogens with two attached hydrogens (primary N) is 1. The van der Waals surface area contributed by atoms with E-state index in [1.807, 2.05) is 13.0 Å². The number of primary amides is 1. The lowest BCUT2D eigenvalue weighted by Gasteiger charge is -2.24. The van der Waals surface area contributed by atoms with Crippen molar-refractivity contribution >= 4 is 11.7 Å². The molecule has 3 N–H and O–H groups in total. The predicted octanol–water partition coefficient (Wildman–Crippen LogP) is 2.61. The first kappa shape index (κ1) is 16.4. The molecule has 5 nitrogen and oxygen atoms in total. The van der Waals surface area contributed by atoms with Crippen molar-refractivity contribution < 1.29 is 9.90 Å². The fourth-order valence-corrected chi connectivity index (χ4v) is 2.15. The number of amides is 2. The molecule has 5 heteroatoms. The van der Waals surface area contributed by atoms with Crippen LogP contribution in [0.25, 0.3) is 0 Å². The standard InChI is InChI=1S/C15H25N3O2/c1-3-4-5-6-7-13(19)11-18(15(16)20)14-10-17-9-8-12(14)2/h8-10,13,19H,3-7,11H2,1-2H3,(H2,16,20). The van der Waals surface area contributed by atoms with Gasteiger partial charge in [0.2, 0.25) is 0 Å². The molecule has 0 spiro atoms. The number of carbonyl (C=O) groups is 1. The van der Waals surface area contributed by atoms with Crippen LogP contribution in [-0.2, 0) is 0 Å². The molecule has 0 fully saturated rings. The monoisotopic (exact) mass is 279 g/mol. The first-order chi connectivity index (χ1) is 9.56. The third-order valence-corrected chi connectivity index (χ3v) is 3.35. The number of anilines is 1. The van der Waals surface area contributed by atoms with E-state index in [0.717, 1.165) is 18.4 Å². The molecule has 0 aromatic carbocycles. The SMILES string of the molecule is CCCCCCC(O)CN(C(N)=O)c1cnccc1C. The van der Waals surface area contributed by atoms with Crippen LogP contribution in [0.2, 0.25) is 0 Å². The first-order valence-electron chi connectivity index (χ1n) is 7.22. The molecule has 0 bridgehead atoms. The van der Waals surface area contributed by atoms with Gasteiger partial charge in [0.25, 0.3) is 0 Å². The second kappa shape index (κ2) is 8.53. The second-order valence-corrected chi connectivity index (χ2v) is 5.11. The smallest absolute Gasteiger partial charge is 0.319 e. The molecule has 1 heterocycles. The lowest BCUT2D eigenvalue weighted by Crippen LogP contribution is -2.41. The number of nitrogens with zero attached hydrogens (tertiary/aromatic N) is 2. The molecule has 1 atom stereocenters. The summed E-state index contributed by atoms with van der Waals surface area (Å²) in [6.07, 6.45) is 7.81. The van der Waals surface area contributed by atoms with Crippen LogP contribution in [0.15, 0.2) is 18.5 Å². The number of pyridine rings is 1. The number of urea groups is 1. The summed E-state index contributed by atoms with van der Waals surface area (Å²) in [7, 11) is 0. The highest BCUT2D eigenvalue weighted by atomic mass is 16.3. The lowest BCUT2D eigenvalue weighted by atomic mass is 10.1. The normalized spacial score (nSPS) is 12.2. The van der Waals surface area contributed by atoms with Crippen molar-refractivity contribution in [2.24, 2.45) is 5.73 Å². The van der Waals surface area contributed by atoms with Crippen LogP contribution in [0.3, 0.4) is 0 Å². The Labute approximate surface area is 120 Å². The molecular formula is C15H25N3O2. The molecule has 20 heavy (non-hydrogen) atoms. The van der Waals surface area contributed by atoms with E-state index in [9.17, 15) is 9.90 Å². The first-order valence-corrected chi connectivity index (χ1v) is 7.22. The molecule has 0 radical (unpaired) electrons. The summed E-state index contributed by atoms with van der Waals surface area (Å²) in [4.78, 5) is 17.0. The summed E-state index contributed by atoms with van der Waals surface area (Å²) in [6, 6.07) is 1.26. The average molecular weight is 279 g/mol. The van der Waals surface area contributed by atoms with Crippen molar-refractivity contribution in [1.82, 2.24) is 4.98 Å². The number of hydrogen-bond donors (Lipinski definition) is 2. The van der Waals surface area contributed by atoms with Gasteiger partial charge in [-0.2, -0.15) is 0 Å². The van der Waals surface area contributed by atoms with Crippen LogP contribution in [-0.4, -0.2) is 28.8 Å². The molecule has 1 rings (SSSR count). The van der Waals surface area contributed by atoms with Gasteiger partial charge in [0.05, 0.1) is 24.5 Å². The van der Waals surface area contributed by atoms with Crippen LogP contribution >= 0.6 is 0 Å².